The number of hydrogen-bond donors (Lipinski definition) is 10. The van der Waals surface area contributed by atoms with Gasteiger partial charge in [0.05, 0.1) is 6.04 Å². The summed E-state index contributed by atoms with van der Waals surface area (Å²) in [6, 6.07) is 8.55. The zero-order valence-corrected chi connectivity index (χ0v) is 36.2. The summed E-state index contributed by atoms with van der Waals surface area (Å²) in [6.45, 7) is 8.86. The summed E-state index contributed by atoms with van der Waals surface area (Å²) in [5.74, 6) is -3.47. The summed E-state index contributed by atoms with van der Waals surface area (Å²) in [5, 5.41) is 52.2. The van der Waals surface area contributed by atoms with Crippen molar-refractivity contribution in [1.82, 2.24) is 21.3 Å². The summed E-state index contributed by atoms with van der Waals surface area (Å²) in [7, 11) is 0. The predicted octanol–water partition coefficient (Wildman–Crippen LogP) is 0.942. The Morgan fingerprint density at radius 3 is 2.07 bits per heavy atom. The van der Waals surface area contributed by atoms with Crippen molar-refractivity contribution in [2.75, 3.05) is 13.2 Å². The number of phenols is 1. The number of aliphatic hydroxyl groups is 3. The molecule has 0 unspecified atom stereocenters. The highest BCUT2D eigenvalue weighted by molar-refractivity contribution is 5.95. The van der Waals surface area contributed by atoms with Gasteiger partial charge in [-0.1, -0.05) is 69.4 Å². The van der Waals surface area contributed by atoms with Crippen molar-refractivity contribution in [3.63, 3.8) is 0 Å². The van der Waals surface area contributed by atoms with Crippen LogP contribution in [0.3, 0.4) is 0 Å². The molecule has 0 aromatic heterocycles. The molecule has 1 aliphatic rings. The Morgan fingerprint density at radius 1 is 0.803 bits per heavy atom. The Bertz CT molecular complexity index is 1720. The number of hydrogen-bond acceptors (Lipinski definition) is 12. The summed E-state index contributed by atoms with van der Waals surface area (Å²) in [4.78, 5) is 66.4. The topological polar surface area (TPSA) is 285 Å². The van der Waals surface area contributed by atoms with E-state index in [1.54, 1.807) is 56.3 Å². The van der Waals surface area contributed by atoms with Crippen LogP contribution in [0.5, 0.6) is 5.75 Å². The number of benzene rings is 2. The second-order valence-corrected chi connectivity index (χ2v) is 16.5. The average Bonchev–Trinajstić information content (AvgIpc) is 3.20. The summed E-state index contributed by atoms with van der Waals surface area (Å²) in [6.07, 6.45) is -1.05. The van der Waals surface area contributed by atoms with Crippen LogP contribution in [0.2, 0.25) is 0 Å². The van der Waals surface area contributed by atoms with Crippen LogP contribution in [0.25, 0.3) is 0 Å². The zero-order chi connectivity index (χ0) is 45.3. The first-order chi connectivity index (χ1) is 28.9. The van der Waals surface area contributed by atoms with Gasteiger partial charge in [-0.3, -0.25) is 24.0 Å². The van der Waals surface area contributed by atoms with Crippen molar-refractivity contribution >= 4 is 29.5 Å². The van der Waals surface area contributed by atoms with Crippen LogP contribution in [0.1, 0.15) is 101 Å². The molecule has 3 rings (SSSR count). The molecule has 0 saturated carbocycles. The van der Waals surface area contributed by atoms with Gasteiger partial charge < -0.3 is 62.6 Å². The molecular weight excluding hydrogens is 789 g/mol. The van der Waals surface area contributed by atoms with Crippen LogP contribution >= 0.6 is 0 Å². The second-order valence-electron chi connectivity index (χ2n) is 16.5. The van der Waals surface area contributed by atoms with Gasteiger partial charge in [0.25, 0.3) is 5.91 Å². The number of carbonyl (C=O) groups excluding carboxylic acids is 5. The molecule has 17 nitrogen and oxygen atoms in total. The van der Waals surface area contributed by atoms with E-state index < -0.39 is 83.9 Å². The van der Waals surface area contributed by atoms with Crippen molar-refractivity contribution in [3.05, 3.63) is 64.7 Å². The lowest BCUT2D eigenvalue weighted by molar-refractivity contribution is -0.290. The molecule has 61 heavy (non-hydrogen) atoms. The number of nitrogens with two attached hydrogens (primary N) is 2. The highest BCUT2D eigenvalue weighted by atomic mass is 16.7. The minimum Gasteiger partial charge on any atom is -0.508 e. The first-order valence-electron chi connectivity index (χ1n) is 21.3. The Hall–Kier alpha value is -4.65. The number of rotatable bonds is 25. The van der Waals surface area contributed by atoms with Gasteiger partial charge >= 0.3 is 0 Å². The highest BCUT2D eigenvalue weighted by Gasteiger charge is 2.47. The van der Waals surface area contributed by atoms with Gasteiger partial charge in [-0.15, -0.1) is 0 Å². The third kappa shape index (κ3) is 16.0. The van der Waals surface area contributed by atoms with Gasteiger partial charge in [-0.05, 0) is 94.2 Å². The molecule has 1 heterocycles. The molecule has 1 saturated heterocycles. The SMILES string of the molecule is CCCCCCCCO[C@@H]1O[C@H](C(=O)NCCCC[C@@H](NC(=O)[C@@H](N)Cc2c(C)cc(O)cc2C)C(=O)N[C@@H](Cc2ccccc2)C(=O)NC(C)(C)C(N)=O)[C@@H](O)[C@H](O)[C@H]1O. The monoisotopic (exact) mass is 856 g/mol. The Labute approximate surface area is 358 Å². The lowest BCUT2D eigenvalue weighted by Crippen LogP contribution is -2.62. The molecule has 8 atom stereocenters. The standard InChI is InChI=1S/C44H68N6O11/c1-6-7-8-9-10-16-21-60-42-36(54)34(52)35(53)37(61-42)41(58)47-20-15-14-19-32(48-38(55)31(45)25-30-26(2)22-29(51)23-27(30)3)39(56)49-33(24-28-17-12-11-13-18-28)40(57)50-44(4,5)43(46)59/h11-13,17-18,22-23,31-37,42,51-54H,6-10,14-16,19-21,24-25,45H2,1-5H3,(H2,46,59)(H,47,58)(H,48,55)(H,49,56)(H,50,57)/t31-,32+,33-,34-,35-,36+,37-,42+/m0/s1. The largest absolute Gasteiger partial charge is 0.508 e. The molecule has 1 aliphatic heterocycles. The van der Waals surface area contributed by atoms with E-state index in [1.807, 2.05) is 0 Å². The number of amides is 5. The molecular formula is C44H68N6O11. The lowest BCUT2D eigenvalue weighted by Gasteiger charge is -2.39. The second kappa shape index (κ2) is 24.7. The number of aliphatic hydroxyl groups excluding tert-OH is 3. The van der Waals surface area contributed by atoms with Gasteiger partial charge in [0, 0.05) is 19.6 Å². The minimum absolute atomic E-state index is 0.0463. The lowest BCUT2D eigenvalue weighted by atomic mass is 9.95. The third-order valence-electron chi connectivity index (χ3n) is 10.9. The predicted molar refractivity (Wildman–Crippen MR) is 228 cm³/mol. The summed E-state index contributed by atoms with van der Waals surface area (Å²) < 4.78 is 11.2. The zero-order valence-electron chi connectivity index (χ0n) is 36.2. The van der Waals surface area contributed by atoms with Gasteiger partial charge in [0.2, 0.25) is 23.6 Å². The fourth-order valence-electron chi connectivity index (χ4n) is 7.01. The van der Waals surface area contributed by atoms with E-state index in [9.17, 15) is 44.4 Å². The highest BCUT2D eigenvalue weighted by Crippen LogP contribution is 2.24. The molecule has 0 aliphatic carbocycles. The molecule has 12 N–H and O–H groups in total. The first kappa shape index (κ1) is 50.7. The molecule has 5 amide bonds. The maximum atomic E-state index is 14.0. The molecule has 0 spiro atoms. The van der Waals surface area contributed by atoms with Crippen molar-refractivity contribution in [1.29, 1.82) is 0 Å². The molecule has 340 valence electrons. The number of primary amides is 1. The van der Waals surface area contributed by atoms with E-state index in [-0.39, 0.29) is 51.0 Å². The minimum atomic E-state index is -1.72. The molecule has 0 bridgehead atoms. The van der Waals surface area contributed by atoms with E-state index in [2.05, 4.69) is 28.2 Å². The number of phenolic OH excluding ortho intramolecular Hbond substituents is 1. The van der Waals surface area contributed by atoms with Crippen molar-refractivity contribution in [2.45, 2.75) is 160 Å². The van der Waals surface area contributed by atoms with E-state index in [4.69, 9.17) is 20.9 Å². The first-order valence-corrected chi connectivity index (χ1v) is 21.3. The van der Waals surface area contributed by atoms with E-state index >= 15 is 0 Å². The quantitative estimate of drug-likeness (QED) is 0.0625. The Kier molecular flexibility index (Phi) is 20.5. The average molecular weight is 857 g/mol. The van der Waals surface area contributed by atoms with Crippen molar-refractivity contribution in [2.24, 2.45) is 11.5 Å². The van der Waals surface area contributed by atoms with Crippen molar-refractivity contribution in [3.8, 4) is 5.75 Å². The maximum absolute atomic E-state index is 14.0. The van der Waals surface area contributed by atoms with Gasteiger partial charge in [0.1, 0.15) is 41.7 Å². The molecule has 2 aromatic carbocycles. The maximum Gasteiger partial charge on any atom is 0.252 e. The number of nitrogens with one attached hydrogen (secondary N) is 4. The number of unbranched alkanes of at least 4 members (excludes halogenated alkanes) is 6. The van der Waals surface area contributed by atoms with Crippen LogP contribution in [0, 0.1) is 13.8 Å². The van der Waals surface area contributed by atoms with Crippen LogP contribution in [-0.2, 0) is 46.3 Å². The Balaban J connectivity index is 1.70. The van der Waals surface area contributed by atoms with E-state index in [1.165, 1.54) is 13.8 Å². The van der Waals surface area contributed by atoms with Crippen LogP contribution < -0.4 is 32.7 Å². The number of aromatic hydroxyl groups is 1. The number of ether oxygens (including phenoxy) is 2. The Morgan fingerprint density at radius 2 is 1.43 bits per heavy atom. The van der Waals surface area contributed by atoms with Crippen LogP contribution in [0.15, 0.2) is 42.5 Å². The number of carbonyl (C=O) groups is 5. The van der Waals surface area contributed by atoms with E-state index in [0.717, 1.165) is 48.8 Å². The van der Waals surface area contributed by atoms with Gasteiger partial charge in [-0.2, -0.15) is 0 Å². The molecule has 2 aromatic rings. The normalized spacial score (nSPS) is 20.5. The third-order valence-corrected chi connectivity index (χ3v) is 10.9. The van der Waals surface area contributed by atoms with Crippen LogP contribution in [-0.4, -0.2) is 117 Å². The fraction of sp³-hybridized carbons (Fsp3) is 0.614. The molecule has 1 fully saturated rings. The van der Waals surface area contributed by atoms with E-state index in [0.29, 0.717) is 12.0 Å². The van der Waals surface area contributed by atoms with Gasteiger partial charge in [0.15, 0.2) is 12.4 Å². The molecule has 0 radical (unpaired) electrons. The number of aryl methyl sites for hydroxylation is 2. The van der Waals surface area contributed by atoms with Crippen LogP contribution in [0.4, 0.5) is 0 Å². The smallest absolute Gasteiger partial charge is 0.252 e. The van der Waals surface area contributed by atoms with Crippen molar-refractivity contribution < 1.29 is 53.9 Å². The van der Waals surface area contributed by atoms with Gasteiger partial charge in [-0.25, -0.2) is 0 Å². The summed E-state index contributed by atoms with van der Waals surface area (Å²) in [5.41, 5.74) is 13.4. The fourth-order valence-corrected chi connectivity index (χ4v) is 7.01. The molecule has 17 heteroatoms. The summed E-state index contributed by atoms with van der Waals surface area (Å²) >= 11 is 0.